The fourth-order valence-corrected chi connectivity index (χ4v) is 4.90. The van der Waals surface area contributed by atoms with Gasteiger partial charge in [-0.05, 0) is 30.7 Å². The van der Waals surface area contributed by atoms with Crippen LogP contribution in [0.2, 0.25) is 0 Å². The molecule has 0 unspecified atom stereocenters. The Bertz CT molecular complexity index is 1110. The molecular weight excluding hydrogens is 448 g/mol. The minimum atomic E-state index is -4.02. The number of hydrogen-bond acceptors (Lipinski definition) is 6. The lowest BCUT2D eigenvalue weighted by molar-refractivity contribution is -0.386. The van der Waals surface area contributed by atoms with Crippen molar-refractivity contribution in [2.45, 2.75) is 17.7 Å². The maximum atomic E-state index is 13.7. The van der Waals surface area contributed by atoms with Crippen LogP contribution in [-0.2, 0) is 21.2 Å². The van der Waals surface area contributed by atoms with E-state index in [2.05, 4.69) is 0 Å². The molecule has 0 spiro atoms. The smallest absolute Gasteiger partial charge is 0.312 e. The summed E-state index contributed by atoms with van der Waals surface area (Å²) in [4.78, 5) is 24.1. The minimum absolute atomic E-state index is 0.0119. The summed E-state index contributed by atoms with van der Waals surface area (Å²) in [5.74, 6) is -1.84. The van der Waals surface area contributed by atoms with Crippen LogP contribution in [0, 0.1) is 21.7 Å². The number of hydrogen-bond donors (Lipinski definition) is 0. The number of amides is 1. The van der Waals surface area contributed by atoms with E-state index in [4.69, 9.17) is 4.74 Å². The average Bonchev–Trinajstić information content (AvgIpc) is 2.78. The van der Waals surface area contributed by atoms with Gasteiger partial charge in [0.2, 0.25) is 15.9 Å². The predicted molar refractivity (Wildman–Crippen MR) is 110 cm³/mol. The van der Waals surface area contributed by atoms with Gasteiger partial charge in [-0.3, -0.25) is 14.9 Å². The number of carbonyl (C=O) groups excluding carboxylic acids is 1. The molecular formula is C20H21F2N3O6S. The van der Waals surface area contributed by atoms with Crippen LogP contribution >= 0.6 is 0 Å². The van der Waals surface area contributed by atoms with E-state index in [1.807, 2.05) is 0 Å². The van der Waals surface area contributed by atoms with Crippen LogP contribution in [0.1, 0.15) is 12.0 Å². The highest BCUT2D eigenvalue weighted by Crippen LogP contribution is 2.30. The molecule has 3 rings (SSSR count). The molecule has 0 aromatic heterocycles. The first-order chi connectivity index (χ1) is 15.1. The molecule has 0 aliphatic carbocycles. The van der Waals surface area contributed by atoms with Crippen molar-refractivity contribution >= 4 is 21.6 Å². The van der Waals surface area contributed by atoms with E-state index in [0.717, 1.165) is 22.5 Å². The zero-order valence-electron chi connectivity index (χ0n) is 17.2. The Kier molecular flexibility index (Phi) is 7.04. The van der Waals surface area contributed by atoms with Crippen LogP contribution in [0.3, 0.4) is 0 Å². The molecule has 1 saturated heterocycles. The topological polar surface area (TPSA) is 110 Å². The summed E-state index contributed by atoms with van der Waals surface area (Å²) in [7, 11) is -2.78. The Morgan fingerprint density at radius 1 is 1.12 bits per heavy atom. The van der Waals surface area contributed by atoms with Crippen LogP contribution in [0.5, 0.6) is 5.75 Å². The van der Waals surface area contributed by atoms with Gasteiger partial charge in [-0.15, -0.1) is 0 Å². The molecule has 1 aliphatic rings. The monoisotopic (exact) mass is 469 g/mol. The molecule has 32 heavy (non-hydrogen) atoms. The number of rotatable bonds is 7. The highest BCUT2D eigenvalue weighted by atomic mass is 32.2. The third-order valence-electron chi connectivity index (χ3n) is 5.23. The normalized spacial score (nSPS) is 14.9. The second kappa shape index (κ2) is 9.57. The second-order valence-electron chi connectivity index (χ2n) is 7.08. The molecule has 12 heteroatoms. The van der Waals surface area contributed by atoms with Gasteiger partial charge in [-0.2, -0.15) is 4.31 Å². The molecule has 0 saturated carbocycles. The number of ether oxygens (including phenoxy) is 1. The Balaban J connectivity index is 1.64. The van der Waals surface area contributed by atoms with Crippen molar-refractivity contribution in [2.24, 2.45) is 0 Å². The molecule has 9 nitrogen and oxygen atoms in total. The Morgan fingerprint density at radius 2 is 1.75 bits per heavy atom. The molecule has 2 aromatic rings. The van der Waals surface area contributed by atoms with Crippen molar-refractivity contribution in [3.05, 3.63) is 63.7 Å². The Morgan fingerprint density at radius 3 is 2.31 bits per heavy atom. The van der Waals surface area contributed by atoms with E-state index in [-0.39, 0.29) is 61.1 Å². The number of sulfonamides is 1. The van der Waals surface area contributed by atoms with Crippen molar-refractivity contribution in [3.8, 4) is 5.75 Å². The number of nitro groups is 1. The fraction of sp³-hybridized carbons (Fsp3) is 0.350. The maximum Gasteiger partial charge on any atom is 0.312 e. The largest absolute Gasteiger partial charge is 0.490 e. The quantitative estimate of drug-likeness (QED) is 0.455. The van der Waals surface area contributed by atoms with Crippen LogP contribution in [0.25, 0.3) is 0 Å². The van der Waals surface area contributed by atoms with Gasteiger partial charge in [0, 0.05) is 44.2 Å². The minimum Gasteiger partial charge on any atom is -0.490 e. The summed E-state index contributed by atoms with van der Waals surface area (Å²) >= 11 is 0. The van der Waals surface area contributed by atoms with Gasteiger partial charge >= 0.3 is 5.69 Å². The fourth-order valence-electron chi connectivity index (χ4n) is 3.46. The molecule has 1 amide bonds. The summed E-state index contributed by atoms with van der Waals surface area (Å²) in [6.45, 7) is 0.163. The number of nitrogens with zero attached hydrogens (tertiary/aromatic N) is 3. The third-order valence-corrected chi connectivity index (χ3v) is 7.12. The van der Waals surface area contributed by atoms with E-state index in [0.29, 0.717) is 0 Å². The van der Waals surface area contributed by atoms with Crippen molar-refractivity contribution in [2.75, 3.05) is 33.3 Å². The van der Waals surface area contributed by atoms with Gasteiger partial charge in [0.15, 0.2) is 5.75 Å². The molecule has 1 aliphatic heterocycles. The SMILES string of the molecule is COc1ccc(S(=O)(=O)N2CCN(C(=O)CCc3c(F)cccc3F)CC2)cc1[N+](=O)[O-]. The molecule has 0 bridgehead atoms. The van der Waals surface area contributed by atoms with Crippen LogP contribution < -0.4 is 4.74 Å². The van der Waals surface area contributed by atoms with Gasteiger partial charge in [0.05, 0.1) is 16.9 Å². The van der Waals surface area contributed by atoms with Gasteiger partial charge in [0.25, 0.3) is 0 Å². The third kappa shape index (κ3) is 4.86. The number of benzene rings is 2. The number of piperazine rings is 1. The van der Waals surface area contributed by atoms with Crippen molar-refractivity contribution in [3.63, 3.8) is 0 Å². The summed E-state index contributed by atoms with van der Waals surface area (Å²) < 4.78 is 59.3. The maximum absolute atomic E-state index is 13.7. The molecule has 0 atom stereocenters. The lowest BCUT2D eigenvalue weighted by atomic mass is 10.1. The molecule has 1 heterocycles. The highest BCUT2D eigenvalue weighted by Gasteiger charge is 2.32. The van der Waals surface area contributed by atoms with Crippen molar-refractivity contribution < 1.29 is 31.7 Å². The lowest BCUT2D eigenvalue weighted by Crippen LogP contribution is -2.50. The summed E-state index contributed by atoms with van der Waals surface area (Å²) in [6.07, 6.45) is -0.222. The lowest BCUT2D eigenvalue weighted by Gasteiger charge is -2.34. The zero-order chi connectivity index (χ0) is 23.5. The van der Waals surface area contributed by atoms with E-state index < -0.39 is 32.3 Å². The first-order valence-corrected chi connectivity index (χ1v) is 11.1. The summed E-state index contributed by atoms with van der Waals surface area (Å²) in [5.41, 5.74) is -0.633. The number of carbonyl (C=O) groups is 1. The highest BCUT2D eigenvalue weighted by molar-refractivity contribution is 7.89. The molecule has 0 N–H and O–H groups in total. The standard InChI is InChI=1S/C20H21F2N3O6S/c1-31-19-7-5-14(13-18(19)25(27)28)32(29,30)24-11-9-23(10-12-24)20(26)8-6-15-16(21)3-2-4-17(15)22/h2-5,7,13H,6,8-12H2,1H3. The van der Waals surface area contributed by atoms with E-state index in [1.165, 1.54) is 30.2 Å². The average molecular weight is 469 g/mol. The first kappa shape index (κ1) is 23.5. The number of methoxy groups -OCH3 is 1. The summed E-state index contributed by atoms with van der Waals surface area (Å²) in [6, 6.07) is 6.86. The van der Waals surface area contributed by atoms with Crippen LogP contribution in [0.15, 0.2) is 41.3 Å². The van der Waals surface area contributed by atoms with E-state index in [9.17, 15) is 32.1 Å². The van der Waals surface area contributed by atoms with Gasteiger partial charge in [-0.25, -0.2) is 17.2 Å². The van der Waals surface area contributed by atoms with Crippen LogP contribution in [0.4, 0.5) is 14.5 Å². The summed E-state index contributed by atoms with van der Waals surface area (Å²) in [5, 5.41) is 11.2. The van der Waals surface area contributed by atoms with Crippen molar-refractivity contribution in [1.82, 2.24) is 9.21 Å². The van der Waals surface area contributed by atoms with E-state index in [1.54, 1.807) is 0 Å². The first-order valence-electron chi connectivity index (χ1n) is 9.68. The Labute approximate surface area is 183 Å². The van der Waals surface area contributed by atoms with Gasteiger partial charge in [-0.1, -0.05) is 6.07 Å². The van der Waals surface area contributed by atoms with E-state index >= 15 is 0 Å². The van der Waals surface area contributed by atoms with Crippen molar-refractivity contribution in [1.29, 1.82) is 0 Å². The molecule has 1 fully saturated rings. The van der Waals surface area contributed by atoms with Gasteiger partial charge in [0.1, 0.15) is 11.6 Å². The number of nitro benzene ring substituents is 1. The second-order valence-corrected chi connectivity index (χ2v) is 9.01. The predicted octanol–water partition coefficient (Wildman–Crippen LogP) is 2.35. The van der Waals surface area contributed by atoms with Gasteiger partial charge < -0.3 is 9.64 Å². The Hall–Kier alpha value is -3.12. The molecule has 2 aromatic carbocycles. The number of halogens is 2. The molecule has 0 radical (unpaired) electrons. The molecule has 172 valence electrons. The zero-order valence-corrected chi connectivity index (χ0v) is 18.0. The van der Waals surface area contributed by atoms with Crippen LogP contribution in [-0.4, -0.2) is 61.7 Å².